The number of hydrogen-bond donors (Lipinski definition) is 1. The van der Waals surface area contributed by atoms with Crippen LogP contribution in [0.2, 0.25) is 0 Å². The van der Waals surface area contributed by atoms with Gasteiger partial charge in [-0.25, -0.2) is 0 Å². The molecule has 4 heteroatoms. The zero-order valence-corrected chi connectivity index (χ0v) is 10.3. The van der Waals surface area contributed by atoms with Gasteiger partial charge in [-0.3, -0.25) is 4.79 Å². The van der Waals surface area contributed by atoms with Gasteiger partial charge in [0.25, 0.3) is 5.91 Å². The lowest BCUT2D eigenvalue weighted by Crippen LogP contribution is -2.29. The third-order valence-corrected chi connectivity index (χ3v) is 3.23. The summed E-state index contributed by atoms with van der Waals surface area (Å²) in [6.45, 7) is 3.79. The highest BCUT2D eigenvalue weighted by atomic mass is 16.5. The van der Waals surface area contributed by atoms with E-state index in [1.807, 2.05) is 4.90 Å². The molecule has 0 bridgehead atoms. The Balaban J connectivity index is 2.25. The lowest BCUT2D eigenvalue weighted by molar-refractivity contribution is 0.0789. The van der Waals surface area contributed by atoms with Gasteiger partial charge in [0, 0.05) is 13.1 Å². The van der Waals surface area contributed by atoms with E-state index in [-0.39, 0.29) is 5.91 Å². The fourth-order valence-electron chi connectivity index (χ4n) is 2.20. The van der Waals surface area contributed by atoms with E-state index in [4.69, 9.17) is 10.5 Å². The molecule has 0 aliphatic carbocycles. The summed E-state index contributed by atoms with van der Waals surface area (Å²) in [5, 5.41) is 0. The first-order valence-electron chi connectivity index (χ1n) is 5.85. The standard InChI is InChI=1S/C13H18N2O2/c1-9-6-7-15(8-9)13(16)10-4-3-5-11(17-2)12(10)14/h3-5,9H,6-8,14H2,1-2H3. The van der Waals surface area contributed by atoms with E-state index < -0.39 is 0 Å². The number of benzene rings is 1. The van der Waals surface area contributed by atoms with Crippen LogP contribution in [0, 0.1) is 5.92 Å². The second-order valence-electron chi connectivity index (χ2n) is 4.57. The monoisotopic (exact) mass is 234 g/mol. The van der Waals surface area contributed by atoms with E-state index in [1.165, 1.54) is 0 Å². The van der Waals surface area contributed by atoms with Crippen molar-refractivity contribution in [2.75, 3.05) is 25.9 Å². The summed E-state index contributed by atoms with van der Waals surface area (Å²) >= 11 is 0. The summed E-state index contributed by atoms with van der Waals surface area (Å²) in [5.74, 6) is 1.14. The normalized spacial score (nSPS) is 19.4. The zero-order valence-electron chi connectivity index (χ0n) is 10.3. The first-order chi connectivity index (χ1) is 8.13. The minimum absolute atomic E-state index is 0.00532. The molecule has 1 saturated heterocycles. The van der Waals surface area contributed by atoms with Crippen molar-refractivity contribution < 1.29 is 9.53 Å². The molecule has 1 heterocycles. The number of ether oxygens (including phenoxy) is 1. The summed E-state index contributed by atoms with van der Waals surface area (Å²) in [4.78, 5) is 14.1. The lowest BCUT2D eigenvalue weighted by Gasteiger charge is -2.17. The number of rotatable bonds is 2. The maximum atomic E-state index is 12.3. The van der Waals surface area contributed by atoms with E-state index in [0.717, 1.165) is 19.5 Å². The Morgan fingerprint density at radius 2 is 2.29 bits per heavy atom. The molecule has 2 rings (SSSR count). The summed E-state index contributed by atoms with van der Waals surface area (Å²) in [5.41, 5.74) is 6.89. The van der Waals surface area contributed by atoms with Gasteiger partial charge in [-0.1, -0.05) is 13.0 Å². The first kappa shape index (κ1) is 11.8. The Hall–Kier alpha value is -1.71. The number of anilines is 1. The largest absolute Gasteiger partial charge is 0.495 e. The second kappa shape index (κ2) is 4.65. The van der Waals surface area contributed by atoms with Gasteiger partial charge in [0.05, 0.1) is 18.4 Å². The molecule has 92 valence electrons. The molecule has 1 aliphatic heterocycles. The average molecular weight is 234 g/mol. The summed E-state index contributed by atoms with van der Waals surface area (Å²) < 4.78 is 5.12. The highest BCUT2D eigenvalue weighted by Crippen LogP contribution is 2.27. The van der Waals surface area contributed by atoms with Gasteiger partial charge in [-0.2, -0.15) is 0 Å². The van der Waals surface area contributed by atoms with Crippen molar-refractivity contribution in [3.05, 3.63) is 23.8 Å². The number of methoxy groups -OCH3 is 1. The molecule has 17 heavy (non-hydrogen) atoms. The van der Waals surface area contributed by atoms with Crippen LogP contribution in [-0.4, -0.2) is 31.0 Å². The van der Waals surface area contributed by atoms with Crippen LogP contribution in [-0.2, 0) is 0 Å². The fourth-order valence-corrected chi connectivity index (χ4v) is 2.20. The minimum Gasteiger partial charge on any atom is -0.495 e. The van der Waals surface area contributed by atoms with Gasteiger partial charge < -0.3 is 15.4 Å². The third-order valence-electron chi connectivity index (χ3n) is 3.23. The number of nitrogens with zero attached hydrogens (tertiary/aromatic N) is 1. The fraction of sp³-hybridized carbons (Fsp3) is 0.462. The maximum Gasteiger partial charge on any atom is 0.256 e. The highest BCUT2D eigenvalue weighted by Gasteiger charge is 2.25. The lowest BCUT2D eigenvalue weighted by atomic mass is 10.1. The molecule has 1 atom stereocenters. The van der Waals surface area contributed by atoms with Crippen molar-refractivity contribution in [1.29, 1.82) is 0 Å². The molecule has 1 aromatic rings. The van der Waals surface area contributed by atoms with Gasteiger partial charge in [0.1, 0.15) is 5.75 Å². The Labute approximate surface area is 101 Å². The Bertz CT molecular complexity index is 431. The number of para-hydroxylation sites is 1. The first-order valence-corrected chi connectivity index (χ1v) is 5.85. The van der Waals surface area contributed by atoms with E-state index in [2.05, 4.69) is 6.92 Å². The summed E-state index contributed by atoms with van der Waals surface area (Å²) in [6, 6.07) is 5.31. The molecule has 1 amide bonds. The van der Waals surface area contributed by atoms with Crippen molar-refractivity contribution in [2.24, 2.45) is 5.92 Å². The topological polar surface area (TPSA) is 55.6 Å². The van der Waals surface area contributed by atoms with E-state index in [0.29, 0.717) is 22.9 Å². The number of nitrogens with two attached hydrogens (primary N) is 1. The van der Waals surface area contributed by atoms with Crippen LogP contribution in [0.5, 0.6) is 5.75 Å². The molecule has 1 aromatic carbocycles. The zero-order chi connectivity index (χ0) is 12.4. The number of nitrogen functional groups attached to an aromatic ring is 1. The Morgan fingerprint density at radius 3 is 2.88 bits per heavy atom. The molecule has 4 nitrogen and oxygen atoms in total. The molecule has 0 radical (unpaired) electrons. The predicted molar refractivity (Wildman–Crippen MR) is 67.1 cm³/mol. The van der Waals surface area contributed by atoms with Gasteiger partial charge >= 0.3 is 0 Å². The third kappa shape index (κ3) is 2.20. The van der Waals surface area contributed by atoms with Crippen LogP contribution in [0.3, 0.4) is 0 Å². The molecule has 1 aliphatic rings. The Morgan fingerprint density at radius 1 is 1.53 bits per heavy atom. The van der Waals surface area contributed by atoms with Gasteiger partial charge in [0.2, 0.25) is 0 Å². The number of amides is 1. The van der Waals surface area contributed by atoms with Gasteiger partial charge in [0.15, 0.2) is 0 Å². The SMILES string of the molecule is COc1cccc(C(=O)N2CCC(C)C2)c1N. The molecular weight excluding hydrogens is 216 g/mol. The van der Waals surface area contributed by atoms with Crippen LogP contribution in [0.4, 0.5) is 5.69 Å². The second-order valence-corrected chi connectivity index (χ2v) is 4.57. The van der Waals surface area contributed by atoms with Crippen molar-refractivity contribution in [3.63, 3.8) is 0 Å². The predicted octanol–water partition coefficient (Wildman–Crippen LogP) is 1.76. The van der Waals surface area contributed by atoms with E-state index in [1.54, 1.807) is 25.3 Å². The maximum absolute atomic E-state index is 12.3. The van der Waals surface area contributed by atoms with Crippen molar-refractivity contribution in [1.82, 2.24) is 4.90 Å². The number of likely N-dealkylation sites (tertiary alicyclic amines) is 1. The van der Waals surface area contributed by atoms with E-state index >= 15 is 0 Å². The molecule has 1 unspecified atom stereocenters. The number of carbonyl (C=O) groups excluding carboxylic acids is 1. The average Bonchev–Trinajstić information content (AvgIpc) is 2.75. The van der Waals surface area contributed by atoms with Gasteiger partial charge in [-0.05, 0) is 24.5 Å². The Kier molecular flexibility index (Phi) is 3.22. The molecule has 0 saturated carbocycles. The summed E-state index contributed by atoms with van der Waals surface area (Å²) in [7, 11) is 1.55. The molecule has 0 aromatic heterocycles. The van der Waals surface area contributed by atoms with Crippen LogP contribution in [0.25, 0.3) is 0 Å². The van der Waals surface area contributed by atoms with Crippen LogP contribution in [0.1, 0.15) is 23.7 Å². The smallest absolute Gasteiger partial charge is 0.256 e. The van der Waals surface area contributed by atoms with Crippen molar-refractivity contribution >= 4 is 11.6 Å². The number of hydrogen-bond acceptors (Lipinski definition) is 3. The van der Waals surface area contributed by atoms with Crippen LogP contribution in [0.15, 0.2) is 18.2 Å². The van der Waals surface area contributed by atoms with Crippen LogP contribution < -0.4 is 10.5 Å². The number of carbonyl (C=O) groups is 1. The van der Waals surface area contributed by atoms with E-state index in [9.17, 15) is 4.79 Å². The quantitative estimate of drug-likeness (QED) is 0.793. The highest BCUT2D eigenvalue weighted by molar-refractivity contribution is 6.00. The summed E-state index contributed by atoms with van der Waals surface area (Å²) in [6.07, 6.45) is 1.07. The van der Waals surface area contributed by atoms with Crippen LogP contribution >= 0.6 is 0 Å². The molecule has 0 spiro atoms. The van der Waals surface area contributed by atoms with Gasteiger partial charge in [-0.15, -0.1) is 0 Å². The molecule has 1 fully saturated rings. The minimum atomic E-state index is 0.00532. The van der Waals surface area contributed by atoms with Crippen molar-refractivity contribution in [2.45, 2.75) is 13.3 Å². The van der Waals surface area contributed by atoms with Crippen molar-refractivity contribution in [3.8, 4) is 5.75 Å². The molecule has 2 N–H and O–H groups in total. The molecular formula is C13H18N2O2.